The molecule has 0 spiro atoms. The number of nitrogens with one attached hydrogen (secondary N) is 1. The summed E-state index contributed by atoms with van der Waals surface area (Å²) in [6.07, 6.45) is 0. The molecule has 1 aromatic carbocycles. The fourth-order valence-corrected chi connectivity index (χ4v) is 4.65. The van der Waals surface area contributed by atoms with E-state index in [1.165, 1.54) is 16.9 Å². The fourth-order valence-electron chi connectivity index (χ4n) is 2.08. The van der Waals surface area contributed by atoms with E-state index in [0.29, 0.717) is 17.1 Å². The number of amides is 1. The van der Waals surface area contributed by atoms with E-state index in [0.717, 1.165) is 19.4 Å². The lowest BCUT2D eigenvalue weighted by molar-refractivity contribution is 0.0956. The van der Waals surface area contributed by atoms with Crippen molar-refractivity contribution >= 4 is 60.3 Å². The first kappa shape index (κ1) is 14.6. The van der Waals surface area contributed by atoms with Crippen LogP contribution in [0.5, 0.6) is 0 Å². The highest BCUT2D eigenvalue weighted by Crippen LogP contribution is 2.34. The maximum Gasteiger partial charge on any atom is 0.263 e. The number of hydrogen-bond donors (Lipinski definition) is 2. The molecule has 2 heterocycles. The largest absolute Gasteiger partial charge is 0.397 e. The number of nitrogens with two attached hydrogens (primary N) is 1. The Bertz CT molecular complexity index is 822. The predicted octanol–water partition coefficient (Wildman–Crippen LogP) is 4.55. The maximum absolute atomic E-state index is 12.3. The average Bonchev–Trinajstić information content (AvgIpc) is 3.00. The monoisotopic (exact) mass is 380 g/mol. The van der Waals surface area contributed by atoms with Crippen molar-refractivity contribution < 1.29 is 4.79 Å². The molecule has 0 aliphatic carbocycles. The van der Waals surface area contributed by atoms with Gasteiger partial charge in [-0.15, -0.1) is 22.7 Å². The Kier molecular flexibility index (Phi) is 4.01. The first-order valence-corrected chi connectivity index (χ1v) is 8.84. The number of anilines is 1. The molecule has 6 heteroatoms. The minimum atomic E-state index is -0.119. The van der Waals surface area contributed by atoms with Crippen molar-refractivity contribution in [1.29, 1.82) is 0 Å². The van der Waals surface area contributed by atoms with Gasteiger partial charge in [-0.3, -0.25) is 4.79 Å². The summed E-state index contributed by atoms with van der Waals surface area (Å²) in [4.78, 5) is 14.0. The summed E-state index contributed by atoms with van der Waals surface area (Å²) in [5.41, 5.74) is 7.84. The van der Waals surface area contributed by atoms with Crippen molar-refractivity contribution in [2.24, 2.45) is 0 Å². The van der Waals surface area contributed by atoms with Crippen molar-refractivity contribution in [3.8, 4) is 0 Å². The Morgan fingerprint density at radius 2 is 2.19 bits per heavy atom. The zero-order valence-electron chi connectivity index (χ0n) is 11.3. The average molecular weight is 381 g/mol. The third-order valence-corrected chi connectivity index (χ3v) is 6.28. The van der Waals surface area contributed by atoms with Gasteiger partial charge in [-0.2, -0.15) is 0 Å². The third-order valence-electron chi connectivity index (χ3n) is 3.19. The molecule has 0 aliphatic rings. The molecule has 0 fully saturated rings. The van der Waals surface area contributed by atoms with E-state index in [9.17, 15) is 4.79 Å². The molecular formula is C15H13BrN2OS2. The molecule has 3 aromatic rings. The van der Waals surface area contributed by atoms with Crippen LogP contribution in [0.2, 0.25) is 0 Å². The van der Waals surface area contributed by atoms with Crippen LogP contribution >= 0.6 is 38.6 Å². The molecule has 108 valence electrons. The van der Waals surface area contributed by atoms with Gasteiger partial charge < -0.3 is 11.1 Å². The quantitative estimate of drug-likeness (QED) is 0.700. The van der Waals surface area contributed by atoms with Gasteiger partial charge in [0.15, 0.2) is 0 Å². The maximum atomic E-state index is 12.3. The molecular weight excluding hydrogens is 368 g/mol. The summed E-state index contributed by atoms with van der Waals surface area (Å²) in [6, 6.07) is 8.02. The fraction of sp³-hybridized carbons (Fsp3) is 0.133. The highest BCUT2D eigenvalue weighted by atomic mass is 79.9. The molecule has 1 amide bonds. The van der Waals surface area contributed by atoms with Crippen molar-refractivity contribution in [1.82, 2.24) is 5.32 Å². The lowest BCUT2D eigenvalue weighted by atomic mass is 10.1. The molecule has 0 saturated carbocycles. The van der Waals surface area contributed by atoms with Gasteiger partial charge in [0.25, 0.3) is 5.91 Å². The number of carbonyl (C=O) groups excluding carboxylic acids is 1. The van der Waals surface area contributed by atoms with Crippen LogP contribution in [0, 0.1) is 6.92 Å². The molecule has 3 N–H and O–H groups in total. The van der Waals surface area contributed by atoms with Gasteiger partial charge in [-0.1, -0.05) is 12.1 Å². The van der Waals surface area contributed by atoms with Crippen LogP contribution in [0.3, 0.4) is 0 Å². The van der Waals surface area contributed by atoms with Crippen LogP contribution in [0.25, 0.3) is 10.1 Å². The second-order valence-electron chi connectivity index (χ2n) is 4.72. The lowest BCUT2D eigenvalue weighted by Crippen LogP contribution is -2.22. The topological polar surface area (TPSA) is 55.1 Å². The summed E-state index contributed by atoms with van der Waals surface area (Å²) < 4.78 is 2.07. The molecule has 0 aliphatic heterocycles. The minimum absolute atomic E-state index is 0.119. The van der Waals surface area contributed by atoms with Gasteiger partial charge in [-0.05, 0) is 45.9 Å². The van der Waals surface area contributed by atoms with Crippen LogP contribution in [0.4, 0.5) is 5.69 Å². The van der Waals surface area contributed by atoms with Crippen molar-refractivity contribution in [3.05, 3.63) is 49.4 Å². The summed E-state index contributed by atoms with van der Waals surface area (Å²) in [6.45, 7) is 2.53. The van der Waals surface area contributed by atoms with Gasteiger partial charge in [0.2, 0.25) is 0 Å². The molecule has 0 saturated heterocycles. The zero-order valence-corrected chi connectivity index (χ0v) is 14.5. The van der Waals surface area contributed by atoms with Crippen LogP contribution in [-0.4, -0.2) is 5.91 Å². The van der Waals surface area contributed by atoms with E-state index in [2.05, 4.69) is 27.3 Å². The second-order valence-corrected chi connectivity index (χ2v) is 7.63. The van der Waals surface area contributed by atoms with Crippen LogP contribution in [0.1, 0.15) is 20.1 Å². The Labute approximate surface area is 138 Å². The van der Waals surface area contributed by atoms with Crippen molar-refractivity contribution in [2.75, 3.05) is 5.73 Å². The molecule has 3 nitrogen and oxygen atoms in total. The Balaban J connectivity index is 1.84. The molecule has 2 aromatic heterocycles. The summed E-state index contributed by atoms with van der Waals surface area (Å²) in [5, 5.41) is 5.87. The Morgan fingerprint density at radius 3 is 2.90 bits per heavy atom. The normalized spacial score (nSPS) is 11.0. The Hall–Kier alpha value is -1.37. The van der Waals surface area contributed by atoms with Gasteiger partial charge >= 0.3 is 0 Å². The van der Waals surface area contributed by atoms with E-state index >= 15 is 0 Å². The van der Waals surface area contributed by atoms with Gasteiger partial charge in [-0.25, -0.2) is 0 Å². The van der Waals surface area contributed by atoms with Crippen molar-refractivity contribution in [2.45, 2.75) is 13.5 Å². The number of halogens is 1. The first-order chi connectivity index (χ1) is 10.1. The number of carbonyl (C=O) groups is 1. The molecule has 0 atom stereocenters. The zero-order chi connectivity index (χ0) is 15.0. The van der Waals surface area contributed by atoms with Gasteiger partial charge in [0, 0.05) is 19.4 Å². The minimum Gasteiger partial charge on any atom is -0.397 e. The number of benzene rings is 1. The lowest BCUT2D eigenvalue weighted by Gasteiger charge is -2.03. The number of thiophene rings is 2. The third kappa shape index (κ3) is 2.84. The van der Waals surface area contributed by atoms with Gasteiger partial charge in [0.05, 0.1) is 12.2 Å². The predicted molar refractivity (Wildman–Crippen MR) is 94.2 cm³/mol. The van der Waals surface area contributed by atoms with E-state index in [4.69, 9.17) is 5.73 Å². The van der Waals surface area contributed by atoms with E-state index in [1.807, 2.05) is 30.5 Å². The molecule has 3 rings (SSSR count). The number of nitrogen functional groups attached to an aromatic ring is 1. The summed E-state index contributed by atoms with van der Waals surface area (Å²) in [7, 11) is 0. The Morgan fingerprint density at radius 1 is 1.38 bits per heavy atom. The number of rotatable bonds is 3. The number of hydrogen-bond acceptors (Lipinski definition) is 4. The number of aryl methyl sites for hydroxylation is 1. The van der Waals surface area contributed by atoms with E-state index in [1.54, 1.807) is 11.3 Å². The molecule has 0 radical (unpaired) electrons. The molecule has 21 heavy (non-hydrogen) atoms. The van der Waals surface area contributed by atoms with Crippen LogP contribution in [-0.2, 0) is 6.54 Å². The SMILES string of the molecule is Cc1ccc2c(N)c(C(=O)NCc3sccc3Br)sc2c1. The first-order valence-electron chi connectivity index (χ1n) is 6.35. The van der Waals surface area contributed by atoms with Gasteiger partial charge in [0.1, 0.15) is 4.88 Å². The summed E-state index contributed by atoms with van der Waals surface area (Å²) in [5.74, 6) is -0.119. The summed E-state index contributed by atoms with van der Waals surface area (Å²) >= 11 is 6.51. The standard InChI is InChI=1S/C15H13BrN2OS2/c1-8-2-3-9-11(6-8)21-14(13(9)17)15(19)18-7-12-10(16)4-5-20-12/h2-6H,7,17H2,1H3,(H,18,19). The smallest absolute Gasteiger partial charge is 0.263 e. The second kappa shape index (κ2) is 5.79. The van der Waals surface area contributed by atoms with Crippen molar-refractivity contribution in [3.63, 3.8) is 0 Å². The number of fused-ring (bicyclic) bond motifs is 1. The van der Waals surface area contributed by atoms with Crippen LogP contribution in [0.15, 0.2) is 34.1 Å². The van der Waals surface area contributed by atoms with Crippen LogP contribution < -0.4 is 11.1 Å². The highest BCUT2D eigenvalue weighted by molar-refractivity contribution is 9.10. The molecule has 0 unspecified atom stereocenters. The molecule has 0 bridgehead atoms. The van der Waals surface area contributed by atoms with E-state index < -0.39 is 0 Å². The highest BCUT2D eigenvalue weighted by Gasteiger charge is 2.16. The van der Waals surface area contributed by atoms with E-state index in [-0.39, 0.29) is 5.91 Å².